The van der Waals surface area contributed by atoms with Crippen molar-refractivity contribution in [2.45, 2.75) is 46.2 Å². The smallest absolute Gasteiger partial charge is 0.222 e. The number of nitrogens with one attached hydrogen (secondary N) is 2. The van der Waals surface area contributed by atoms with Crippen LogP contribution in [-0.2, 0) is 11.3 Å². The molecule has 30 heavy (non-hydrogen) atoms. The molecule has 0 saturated carbocycles. The molecular weight excluding hydrogens is 493 g/mol. The van der Waals surface area contributed by atoms with E-state index in [0.717, 1.165) is 50.9 Å². The fourth-order valence-electron chi connectivity index (χ4n) is 3.44. The van der Waals surface area contributed by atoms with Gasteiger partial charge in [-0.05, 0) is 37.2 Å². The maximum atomic E-state index is 11.8. The number of aliphatic imine (C=N–C) groups is 1. The van der Waals surface area contributed by atoms with Crippen LogP contribution in [0.4, 0.5) is 0 Å². The molecule has 1 unspecified atom stereocenters. The van der Waals surface area contributed by atoms with E-state index in [2.05, 4.69) is 46.5 Å². The van der Waals surface area contributed by atoms with Crippen LogP contribution in [0.25, 0.3) is 0 Å². The second kappa shape index (κ2) is 14.5. The quantitative estimate of drug-likeness (QED) is 0.276. The number of hydrogen-bond donors (Lipinski definition) is 2. The van der Waals surface area contributed by atoms with E-state index in [-0.39, 0.29) is 35.9 Å². The van der Waals surface area contributed by atoms with Gasteiger partial charge in [0.25, 0.3) is 0 Å². The molecule has 0 spiro atoms. The van der Waals surface area contributed by atoms with Gasteiger partial charge in [-0.2, -0.15) is 0 Å². The van der Waals surface area contributed by atoms with E-state index < -0.39 is 0 Å². The zero-order valence-electron chi connectivity index (χ0n) is 18.8. The minimum atomic E-state index is 0. The molecule has 1 heterocycles. The molecule has 1 aromatic carbocycles. The molecule has 2 N–H and O–H groups in total. The van der Waals surface area contributed by atoms with Crippen molar-refractivity contribution in [1.82, 2.24) is 20.4 Å². The van der Waals surface area contributed by atoms with E-state index in [0.29, 0.717) is 19.6 Å². The van der Waals surface area contributed by atoms with E-state index in [1.807, 2.05) is 24.0 Å². The maximum absolute atomic E-state index is 11.8. The van der Waals surface area contributed by atoms with Crippen LogP contribution in [-0.4, -0.2) is 74.1 Å². The zero-order chi connectivity index (χ0) is 21.1. The van der Waals surface area contributed by atoms with E-state index in [4.69, 9.17) is 4.74 Å². The van der Waals surface area contributed by atoms with Gasteiger partial charge in [-0.1, -0.05) is 32.9 Å². The minimum absolute atomic E-state index is 0. The van der Waals surface area contributed by atoms with Crippen molar-refractivity contribution in [3.8, 4) is 5.75 Å². The lowest BCUT2D eigenvalue weighted by Crippen LogP contribution is -2.44. The number of ether oxygens (including phenoxy) is 1. The van der Waals surface area contributed by atoms with Crippen LogP contribution >= 0.6 is 24.0 Å². The molecule has 1 saturated heterocycles. The van der Waals surface area contributed by atoms with Gasteiger partial charge in [0.15, 0.2) is 5.96 Å². The molecule has 7 nitrogen and oxygen atoms in total. The van der Waals surface area contributed by atoms with E-state index in [9.17, 15) is 4.79 Å². The second-order valence-electron chi connectivity index (χ2n) is 7.27. The molecule has 0 aromatic heterocycles. The standard InChI is InChI=1S/C22H37N5O2.HI/c1-5-21(28)27-13-12-19(17-27)25-22(23-4)24-16-18-8-10-20(11-9-18)29-15-14-26(6-2)7-3;/h8-11,19H,5-7,12-17H2,1-4H3,(H2,23,24,25);1H. The molecular formula is C22H38IN5O2. The number of halogens is 1. The summed E-state index contributed by atoms with van der Waals surface area (Å²) in [6.45, 7) is 12.2. The summed E-state index contributed by atoms with van der Waals surface area (Å²) >= 11 is 0. The largest absolute Gasteiger partial charge is 0.492 e. The van der Waals surface area contributed by atoms with Crippen molar-refractivity contribution < 1.29 is 9.53 Å². The Bertz CT molecular complexity index is 649. The average Bonchev–Trinajstić information content (AvgIpc) is 3.23. The van der Waals surface area contributed by atoms with Crippen molar-refractivity contribution in [3.05, 3.63) is 29.8 Å². The lowest BCUT2D eigenvalue weighted by Gasteiger charge is -2.19. The third-order valence-electron chi connectivity index (χ3n) is 5.36. The van der Waals surface area contributed by atoms with Crippen molar-refractivity contribution in [1.29, 1.82) is 0 Å². The van der Waals surface area contributed by atoms with Gasteiger partial charge >= 0.3 is 0 Å². The lowest BCUT2D eigenvalue weighted by atomic mass is 10.2. The number of nitrogens with zero attached hydrogens (tertiary/aromatic N) is 3. The summed E-state index contributed by atoms with van der Waals surface area (Å²) in [6, 6.07) is 8.42. The molecule has 1 fully saturated rings. The van der Waals surface area contributed by atoms with Gasteiger partial charge in [0.05, 0.1) is 0 Å². The third-order valence-corrected chi connectivity index (χ3v) is 5.36. The number of guanidine groups is 1. The highest BCUT2D eigenvalue weighted by Gasteiger charge is 2.25. The highest BCUT2D eigenvalue weighted by atomic mass is 127. The zero-order valence-corrected chi connectivity index (χ0v) is 21.1. The van der Waals surface area contributed by atoms with Gasteiger partial charge in [-0.15, -0.1) is 24.0 Å². The van der Waals surface area contributed by atoms with Crippen LogP contribution in [0.2, 0.25) is 0 Å². The number of likely N-dealkylation sites (tertiary alicyclic amines) is 1. The molecule has 170 valence electrons. The number of carbonyl (C=O) groups excluding carboxylic acids is 1. The third kappa shape index (κ3) is 8.67. The van der Waals surface area contributed by atoms with Crippen LogP contribution < -0.4 is 15.4 Å². The van der Waals surface area contributed by atoms with E-state index in [1.165, 1.54) is 5.56 Å². The van der Waals surface area contributed by atoms with Gasteiger partial charge in [-0.3, -0.25) is 9.79 Å². The Morgan fingerprint density at radius 2 is 1.93 bits per heavy atom. The summed E-state index contributed by atoms with van der Waals surface area (Å²) in [6.07, 6.45) is 1.51. The van der Waals surface area contributed by atoms with E-state index >= 15 is 0 Å². The molecule has 0 bridgehead atoms. The predicted octanol–water partition coefficient (Wildman–Crippen LogP) is 2.70. The summed E-state index contributed by atoms with van der Waals surface area (Å²) in [7, 11) is 1.77. The summed E-state index contributed by atoms with van der Waals surface area (Å²) in [5.74, 6) is 1.88. The Balaban J connectivity index is 0.00000450. The van der Waals surface area contributed by atoms with Gasteiger partial charge in [0, 0.05) is 45.7 Å². The fraction of sp³-hybridized carbons (Fsp3) is 0.636. The Labute approximate surface area is 198 Å². The second-order valence-corrected chi connectivity index (χ2v) is 7.27. The Kier molecular flexibility index (Phi) is 12.8. The molecule has 0 aliphatic carbocycles. The van der Waals surface area contributed by atoms with Gasteiger partial charge in [0.2, 0.25) is 5.91 Å². The van der Waals surface area contributed by atoms with Crippen LogP contribution in [0.15, 0.2) is 29.3 Å². The molecule has 1 amide bonds. The molecule has 0 radical (unpaired) electrons. The maximum Gasteiger partial charge on any atom is 0.222 e. The molecule has 1 aliphatic heterocycles. The number of rotatable bonds is 10. The molecule has 1 atom stereocenters. The molecule has 8 heteroatoms. The molecule has 1 aliphatic rings. The topological polar surface area (TPSA) is 69.2 Å². The van der Waals surface area contributed by atoms with Crippen molar-refractivity contribution in [2.75, 3.05) is 46.4 Å². The van der Waals surface area contributed by atoms with Gasteiger partial charge < -0.3 is 25.2 Å². The summed E-state index contributed by atoms with van der Waals surface area (Å²) in [5.41, 5.74) is 1.17. The van der Waals surface area contributed by atoms with Crippen molar-refractivity contribution in [3.63, 3.8) is 0 Å². The van der Waals surface area contributed by atoms with Crippen LogP contribution in [0.5, 0.6) is 5.75 Å². The monoisotopic (exact) mass is 531 g/mol. The average molecular weight is 531 g/mol. The summed E-state index contributed by atoms with van der Waals surface area (Å²) in [5, 5.41) is 6.77. The first-order valence-corrected chi connectivity index (χ1v) is 10.8. The highest BCUT2D eigenvalue weighted by Crippen LogP contribution is 2.13. The first-order chi connectivity index (χ1) is 14.1. The number of amides is 1. The fourth-order valence-corrected chi connectivity index (χ4v) is 3.44. The highest BCUT2D eigenvalue weighted by molar-refractivity contribution is 14.0. The normalized spacial score (nSPS) is 16.4. The van der Waals surface area contributed by atoms with Crippen LogP contribution in [0, 0.1) is 0 Å². The Morgan fingerprint density at radius 1 is 1.23 bits per heavy atom. The van der Waals surface area contributed by atoms with Crippen LogP contribution in [0.3, 0.4) is 0 Å². The summed E-state index contributed by atoms with van der Waals surface area (Å²) < 4.78 is 5.84. The van der Waals surface area contributed by atoms with E-state index in [1.54, 1.807) is 7.05 Å². The number of benzene rings is 1. The SMILES string of the molecule is CCC(=O)N1CCC(NC(=NC)NCc2ccc(OCCN(CC)CC)cc2)C1.I. The van der Waals surface area contributed by atoms with Gasteiger partial charge in [-0.25, -0.2) is 0 Å². The van der Waals surface area contributed by atoms with Crippen molar-refractivity contribution >= 4 is 35.8 Å². The Morgan fingerprint density at radius 3 is 2.53 bits per heavy atom. The number of carbonyl (C=O) groups is 1. The number of likely N-dealkylation sites (N-methyl/N-ethyl adjacent to an activating group) is 1. The first-order valence-electron chi connectivity index (χ1n) is 10.8. The molecule has 2 rings (SSSR count). The van der Waals surface area contributed by atoms with Crippen molar-refractivity contribution in [2.24, 2.45) is 4.99 Å². The van der Waals surface area contributed by atoms with Gasteiger partial charge in [0.1, 0.15) is 12.4 Å². The van der Waals surface area contributed by atoms with Crippen LogP contribution in [0.1, 0.15) is 39.2 Å². The minimum Gasteiger partial charge on any atom is -0.492 e. The first kappa shape index (κ1) is 26.5. The molecule has 1 aromatic rings. The Hall–Kier alpha value is -1.55. The predicted molar refractivity (Wildman–Crippen MR) is 134 cm³/mol. The number of hydrogen-bond acceptors (Lipinski definition) is 4. The summed E-state index contributed by atoms with van der Waals surface area (Å²) in [4.78, 5) is 20.4. The lowest BCUT2D eigenvalue weighted by molar-refractivity contribution is -0.129.